The van der Waals surface area contributed by atoms with Crippen LogP contribution in [0, 0.1) is 0 Å². The lowest BCUT2D eigenvalue weighted by molar-refractivity contribution is -0.147. The number of esters is 4. The number of halogens is 4. The van der Waals surface area contributed by atoms with E-state index in [9.17, 15) is 19.2 Å². The van der Waals surface area contributed by atoms with Gasteiger partial charge in [0.1, 0.15) is 27.9 Å². The lowest BCUT2D eigenvalue weighted by Crippen LogP contribution is -2.21. The van der Waals surface area contributed by atoms with Crippen molar-refractivity contribution in [2.75, 3.05) is 0 Å². The van der Waals surface area contributed by atoms with Crippen LogP contribution in [0.5, 0.6) is 0 Å². The third-order valence-corrected chi connectivity index (χ3v) is 4.02. The van der Waals surface area contributed by atoms with E-state index in [0.717, 1.165) is 0 Å². The van der Waals surface area contributed by atoms with Crippen LogP contribution < -0.4 is 0 Å². The average Bonchev–Trinajstić information content (AvgIpc) is 2.53. The van der Waals surface area contributed by atoms with Crippen LogP contribution in [-0.4, -0.2) is 33.8 Å². The summed E-state index contributed by atoms with van der Waals surface area (Å²) in [5.74, 6) is -5.06. The molecule has 0 amide bonds. The molecule has 0 atom stereocenters. The number of nitrogens with zero attached hydrogens (tertiary/aromatic N) is 2. The monoisotopic (exact) mass is 450 g/mol. The third kappa shape index (κ3) is 5.36. The van der Waals surface area contributed by atoms with Gasteiger partial charge in [-0.3, -0.25) is 9.59 Å². The van der Waals surface area contributed by atoms with E-state index < -0.39 is 30.3 Å². The van der Waals surface area contributed by atoms with Gasteiger partial charge in [-0.15, -0.1) is 0 Å². The molecule has 0 bridgehead atoms. The maximum absolute atomic E-state index is 11.9. The van der Waals surface area contributed by atoms with Gasteiger partial charge in [0, 0.05) is 12.4 Å². The van der Waals surface area contributed by atoms with Crippen molar-refractivity contribution in [2.45, 2.75) is 6.42 Å². The Bertz CT molecular complexity index is 834. The molecular formula is C15H6Cl4N2O6. The quantitative estimate of drug-likeness (QED) is 0.394. The molecule has 0 fully saturated rings. The number of carbonyl (C=O) groups is 4. The lowest BCUT2D eigenvalue weighted by Gasteiger charge is -2.07. The van der Waals surface area contributed by atoms with Crippen molar-refractivity contribution < 1.29 is 28.7 Å². The minimum Gasteiger partial charge on any atom is -0.389 e. The first-order valence-corrected chi connectivity index (χ1v) is 8.32. The van der Waals surface area contributed by atoms with Crippen molar-refractivity contribution in [2.24, 2.45) is 0 Å². The van der Waals surface area contributed by atoms with E-state index in [0.29, 0.717) is 0 Å². The molecule has 2 heterocycles. The summed E-state index contributed by atoms with van der Waals surface area (Å²) >= 11 is 23.0. The summed E-state index contributed by atoms with van der Waals surface area (Å²) in [4.78, 5) is 54.4. The molecule has 0 aliphatic rings. The summed E-state index contributed by atoms with van der Waals surface area (Å²) in [6, 6.07) is 2.51. The smallest absolute Gasteiger partial charge is 0.350 e. The Morgan fingerprint density at radius 1 is 0.741 bits per heavy atom. The van der Waals surface area contributed by atoms with Crippen molar-refractivity contribution in [1.29, 1.82) is 0 Å². The highest BCUT2D eigenvalue weighted by Gasteiger charge is 2.25. The second-order valence-corrected chi connectivity index (χ2v) is 6.15. The van der Waals surface area contributed by atoms with Crippen molar-refractivity contribution in [1.82, 2.24) is 9.97 Å². The Morgan fingerprint density at radius 2 is 1.11 bits per heavy atom. The summed E-state index contributed by atoms with van der Waals surface area (Å²) in [5, 5.41) is -0.796. The van der Waals surface area contributed by atoms with Crippen LogP contribution in [0.4, 0.5) is 0 Å². The second kappa shape index (κ2) is 9.09. The Kier molecular flexibility index (Phi) is 7.09. The maximum atomic E-state index is 11.9. The average molecular weight is 452 g/mol. The van der Waals surface area contributed by atoms with Gasteiger partial charge in [0.15, 0.2) is 0 Å². The van der Waals surface area contributed by atoms with Crippen LogP contribution in [0.15, 0.2) is 24.5 Å². The van der Waals surface area contributed by atoms with Crippen molar-refractivity contribution in [3.05, 3.63) is 56.0 Å². The summed E-state index contributed by atoms with van der Waals surface area (Å²) in [7, 11) is 0. The Labute approximate surface area is 171 Å². The predicted octanol–water partition coefficient (Wildman–Crippen LogP) is 3.55. The zero-order valence-electron chi connectivity index (χ0n) is 12.9. The van der Waals surface area contributed by atoms with Gasteiger partial charge in [-0.2, -0.15) is 0 Å². The van der Waals surface area contributed by atoms with E-state index in [1.54, 1.807) is 0 Å². The summed E-state index contributed by atoms with van der Waals surface area (Å²) in [5.41, 5.74) is -0.708. The van der Waals surface area contributed by atoms with Gasteiger partial charge in [0.25, 0.3) is 0 Å². The maximum Gasteiger partial charge on any atom is 0.350 e. The first-order chi connectivity index (χ1) is 12.7. The van der Waals surface area contributed by atoms with Crippen molar-refractivity contribution >= 4 is 70.3 Å². The van der Waals surface area contributed by atoms with Crippen LogP contribution >= 0.6 is 46.4 Å². The molecule has 0 aliphatic heterocycles. The molecule has 2 aromatic heterocycles. The minimum absolute atomic E-state index is 0.105. The molecule has 0 unspecified atom stereocenters. The highest BCUT2D eigenvalue weighted by Crippen LogP contribution is 2.24. The number of aromatic nitrogens is 2. The summed E-state index contributed by atoms with van der Waals surface area (Å²) < 4.78 is 8.88. The topological polar surface area (TPSA) is 113 Å². The SMILES string of the molecule is O=C(CC(=O)OC(=O)c1c(Cl)ccnc1Cl)OC(=O)c1c(Cl)ccnc1Cl. The van der Waals surface area contributed by atoms with Crippen LogP contribution in [-0.2, 0) is 19.1 Å². The predicted molar refractivity (Wildman–Crippen MR) is 94.0 cm³/mol. The molecule has 0 N–H and O–H groups in total. The zero-order valence-corrected chi connectivity index (χ0v) is 15.9. The van der Waals surface area contributed by atoms with E-state index in [1.165, 1.54) is 24.5 Å². The van der Waals surface area contributed by atoms with Gasteiger partial charge >= 0.3 is 23.9 Å². The number of pyridine rings is 2. The Hall–Kier alpha value is -2.26. The van der Waals surface area contributed by atoms with Crippen molar-refractivity contribution in [3.63, 3.8) is 0 Å². The Balaban J connectivity index is 1.99. The van der Waals surface area contributed by atoms with Gasteiger partial charge in [-0.25, -0.2) is 19.6 Å². The molecule has 0 aromatic carbocycles. The zero-order chi connectivity index (χ0) is 20.1. The van der Waals surface area contributed by atoms with Crippen molar-refractivity contribution in [3.8, 4) is 0 Å². The van der Waals surface area contributed by atoms with E-state index in [4.69, 9.17) is 46.4 Å². The molecular weight excluding hydrogens is 446 g/mol. The molecule has 0 aliphatic carbocycles. The largest absolute Gasteiger partial charge is 0.389 e. The van der Waals surface area contributed by atoms with Gasteiger partial charge < -0.3 is 9.47 Å². The first-order valence-electron chi connectivity index (χ1n) is 6.80. The van der Waals surface area contributed by atoms with Gasteiger partial charge in [0.2, 0.25) is 0 Å². The highest BCUT2D eigenvalue weighted by atomic mass is 35.5. The number of rotatable bonds is 4. The number of hydrogen-bond donors (Lipinski definition) is 0. The Morgan fingerprint density at radius 3 is 1.44 bits per heavy atom. The molecule has 8 nitrogen and oxygen atoms in total. The summed E-state index contributed by atoms with van der Waals surface area (Å²) in [6.45, 7) is 0. The fraction of sp³-hybridized carbons (Fsp3) is 0.0667. The minimum atomic E-state index is -1.31. The normalized spacial score (nSPS) is 10.2. The highest BCUT2D eigenvalue weighted by molar-refractivity contribution is 6.39. The first kappa shape index (κ1) is 21.0. The van der Waals surface area contributed by atoms with Crippen LogP contribution in [0.3, 0.4) is 0 Å². The lowest BCUT2D eigenvalue weighted by atomic mass is 10.3. The third-order valence-electron chi connectivity index (χ3n) is 2.82. The van der Waals surface area contributed by atoms with Gasteiger partial charge in [-0.05, 0) is 12.1 Å². The summed E-state index contributed by atoms with van der Waals surface area (Å²) in [6.07, 6.45) is 1.42. The van der Waals surface area contributed by atoms with E-state index >= 15 is 0 Å². The molecule has 2 rings (SSSR count). The van der Waals surface area contributed by atoms with Crippen LogP contribution in [0.2, 0.25) is 20.4 Å². The van der Waals surface area contributed by atoms with Gasteiger partial charge in [-0.1, -0.05) is 46.4 Å². The molecule has 27 heavy (non-hydrogen) atoms. The molecule has 0 saturated heterocycles. The van der Waals surface area contributed by atoms with Gasteiger partial charge in [0.05, 0.1) is 10.0 Å². The number of carbonyl (C=O) groups excluding carboxylic acids is 4. The number of ether oxygens (including phenoxy) is 2. The fourth-order valence-corrected chi connectivity index (χ4v) is 2.70. The van der Waals surface area contributed by atoms with E-state index in [1.807, 2.05) is 0 Å². The standard InChI is InChI=1S/C15H6Cl4N2O6/c16-6-1-3-20-12(18)10(6)14(24)26-8(22)5-9(23)27-15(25)11-7(17)2-4-21-13(11)19/h1-4H,5H2. The van der Waals surface area contributed by atoms with Crippen LogP contribution in [0.1, 0.15) is 27.1 Å². The molecule has 12 heteroatoms. The molecule has 2 aromatic rings. The molecule has 0 radical (unpaired) electrons. The van der Waals surface area contributed by atoms with E-state index in [-0.39, 0.29) is 31.5 Å². The molecule has 140 valence electrons. The second-order valence-electron chi connectivity index (χ2n) is 4.62. The molecule has 0 saturated carbocycles. The fourth-order valence-electron chi connectivity index (χ4n) is 1.69. The number of hydrogen-bond acceptors (Lipinski definition) is 8. The van der Waals surface area contributed by atoms with E-state index in [2.05, 4.69) is 19.4 Å². The molecule has 0 spiro atoms. The van der Waals surface area contributed by atoms with Crippen LogP contribution in [0.25, 0.3) is 0 Å².